The van der Waals surface area contributed by atoms with Crippen LogP contribution in [0.15, 0.2) is 0 Å². The van der Waals surface area contributed by atoms with Crippen LogP contribution in [0, 0.1) is 0 Å². The molecule has 1 amide bonds. The number of rotatable bonds is 2. The van der Waals surface area contributed by atoms with Crippen molar-refractivity contribution in [3.63, 3.8) is 0 Å². The topological polar surface area (TPSA) is 56.7 Å². The smallest absolute Gasteiger partial charge is 0.407 e. The van der Waals surface area contributed by atoms with E-state index in [4.69, 9.17) is 10.1 Å². The first-order valence-corrected chi connectivity index (χ1v) is 9.73. The minimum absolute atomic E-state index is 0.463. The molecule has 1 N–H and O–H groups in total. The van der Waals surface area contributed by atoms with Gasteiger partial charge in [0.05, 0.1) is 10.7 Å². The Morgan fingerprint density at radius 1 is 1.09 bits per heavy atom. The summed E-state index contributed by atoms with van der Waals surface area (Å²) in [5.41, 5.74) is 1.33. The second-order valence-electron chi connectivity index (χ2n) is 7.09. The number of likely N-dealkylation sites (tertiary alicyclic amines) is 1. The highest BCUT2D eigenvalue weighted by Gasteiger charge is 2.30. The number of hydrogen-bond acceptors (Lipinski definition) is 4. The summed E-state index contributed by atoms with van der Waals surface area (Å²) in [6.07, 6.45) is 7.48. The van der Waals surface area contributed by atoms with Crippen molar-refractivity contribution in [1.82, 2.24) is 14.8 Å². The van der Waals surface area contributed by atoms with Gasteiger partial charge in [-0.15, -0.1) is 11.3 Å². The molecule has 0 radical (unpaired) electrons. The molecule has 1 aromatic heterocycles. The summed E-state index contributed by atoms with van der Waals surface area (Å²) in [5, 5.41) is 10.3. The predicted molar refractivity (Wildman–Crippen MR) is 90.3 cm³/mol. The van der Waals surface area contributed by atoms with Gasteiger partial charge in [-0.25, -0.2) is 9.78 Å². The molecule has 2 fully saturated rings. The molecule has 126 valence electrons. The first-order valence-electron chi connectivity index (χ1n) is 8.91. The van der Waals surface area contributed by atoms with E-state index in [9.17, 15) is 4.79 Å². The Morgan fingerprint density at radius 3 is 2.48 bits per heavy atom. The maximum absolute atomic E-state index is 11.0. The van der Waals surface area contributed by atoms with Crippen molar-refractivity contribution in [2.45, 2.75) is 56.9 Å². The molecule has 0 atom stereocenters. The number of carbonyl (C=O) groups is 1. The molecule has 1 saturated carbocycles. The van der Waals surface area contributed by atoms with Crippen LogP contribution in [0.3, 0.4) is 0 Å². The molecule has 1 aliphatic carbocycles. The minimum atomic E-state index is -0.783. The van der Waals surface area contributed by atoms with Crippen LogP contribution in [0.4, 0.5) is 4.79 Å². The lowest BCUT2D eigenvalue weighted by Crippen LogP contribution is -2.41. The van der Waals surface area contributed by atoms with Gasteiger partial charge in [0.2, 0.25) is 0 Å². The van der Waals surface area contributed by atoms with E-state index in [0.717, 1.165) is 38.3 Å². The van der Waals surface area contributed by atoms with Crippen molar-refractivity contribution >= 4 is 17.4 Å². The number of hydrogen-bond donors (Lipinski definition) is 1. The molecular formula is C17H25N3O2S. The average molecular weight is 335 g/mol. The molecule has 6 heteroatoms. The molecule has 3 aliphatic rings. The molecule has 2 aliphatic heterocycles. The predicted octanol–water partition coefficient (Wildman–Crippen LogP) is 2.95. The van der Waals surface area contributed by atoms with Gasteiger partial charge in [0.1, 0.15) is 0 Å². The largest absolute Gasteiger partial charge is 0.465 e. The Kier molecular flexibility index (Phi) is 4.28. The summed E-state index contributed by atoms with van der Waals surface area (Å²) in [6.45, 7) is 3.66. The fourth-order valence-corrected chi connectivity index (χ4v) is 5.28. The number of piperidine rings is 1. The Hall–Kier alpha value is -1.14. The zero-order valence-corrected chi connectivity index (χ0v) is 14.4. The molecule has 0 spiro atoms. The monoisotopic (exact) mass is 335 g/mol. The molecule has 3 heterocycles. The summed E-state index contributed by atoms with van der Waals surface area (Å²) in [5.74, 6) is 0.463. The number of thiazole rings is 1. The van der Waals surface area contributed by atoms with Gasteiger partial charge in [-0.2, -0.15) is 0 Å². The Labute approximate surface area is 141 Å². The number of carboxylic acid groups (broad SMARTS) is 1. The number of amides is 1. The summed E-state index contributed by atoms with van der Waals surface area (Å²) < 4.78 is 0. The molecular weight excluding hydrogens is 310 g/mol. The van der Waals surface area contributed by atoms with Crippen molar-refractivity contribution in [3.05, 3.63) is 15.6 Å². The van der Waals surface area contributed by atoms with E-state index in [2.05, 4.69) is 4.90 Å². The van der Waals surface area contributed by atoms with E-state index in [1.165, 1.54) is 46.3 Å². The van der Waals surface area contributed by atoms with E-state index in [1.807, 2.05) is 11.3 Å². The van der Waals surface area contributed by atoms with Crippen molar-refractivity contribution < 1.29 is 9.90 Å². The molecule has 5 nitrogen and oxygen atoms in total. The van der Waals surface area contributed by atoms with E-state index in [0.29, 0.717) is 19.0 Å². The van der Waals surface area contributed by atoms with Crippen molar-refractivity contribution in [2.24, 2.45) is 0 Å². The van der Waals surface area contributed by atoms with E-state index in [-0.39, 0.29) is 0 Å². The summed E-state index contributed by atoms with van der Waals surface area (Å²) >= 11 is 1.90. The van der Waals surface area contributed by atoms with Gasteiger partial charge in [0.25, 0.3) is 0 Å². The van der Waals surface area contributed by atoms with Crippen LogP contribution >= 0.6 is 11.3 Å². The zero-order valence-electron chi connectivity index (χ0n) is 13.5. The molecule has 0 bridgehead atoms. The molecule has 1 aromatic rings. The minimum Gasteiger partial charge on any atom is -0.465 e. The van der Waals surface area contributed by atoms with Gasteiger partial charge < -0.3 is 10.0 Å². The SMILES string of the molecule is O=C(O)N1CCC(c2nc3c(s2)CCN(C2CCC2)CC3)CC1. The molecule has 0 unspecified atom stereocenters. The average Bonchev–Trinajstić information content (AvgIpc) is 2.82. The first kappa shape index (κ1) is 15.4. The van der Waals surface area contributed by atoms with Crippen LogP contribution in [0.1, 0.15) is 53.6 Å². The van der Waals surface area contributed by atoms with Gasteiger partial charge in [-0.05, 0) is 32.1 Å². The van der Waals surface area contributed by atoms with Crippen molar-refractivity contribution in [3.8, 4) is 0 Å². The second kappa shape index (κ2) is 6.40. The molecule has 1 saturated heterocycles. The maximum Gasteiger partial charge on any atom is 0.407 e. The van der Waals surface area contributed by atoms with Gasteiger partial charge in [-0.3, -0.25) is 4.90 Å². The van der Waals surface area contributed by atoms with Crippen LogP contribution in [-0.4, -0.2) is 58.2 Å². The molecule has 23 heavy (non-hydrogen) atoms. The quantitative estimate of drug-likeness (QED) is 0.903. The van der Waals surface area contributed by atoms with E-state index in [1.54, 1.807) is 0 Å². The van der Waals surface area contributed by atoms with Crippen LogP contribution in [-0.2, 0) is 12.8 Å². The first-order chi connectivity index (χ1) is 11.2. The van der Waals surface area contributed by atoms with E-state index < -0.39 is 6.09 Å². The lowest BCUT2D eigenvalue weighted by molar-refractivity contribution is 0.131. The molecule has 0 aromatic carbocycles. The van der Waals surface area contributed by atoms with Crippen LogP contribution < -0.4 is 0 Å². The highest BCUT2D eigenvalue weighted by molar-refractivity contribution is 7.11. The molecule has 4 rings (SSSR count). The van der Waals surface area contributed by atoms with Gasteiger partial charge in [0.15, 0.2) is 0 Å². The third-order valence-electron chi connectivity index (χ3n) is 5.76. The summed E-state index contributed by atoms with van der Waals surface area (Å²) in [6, 6.07) is 0.837. The normalized spacial score (nSPS) is 24.1. The van der Waals surface area contributed by atoms with Crippen molar-refractivity contribution in [1.29, 1.82) is 0 Å². The maximum atomic E-state index is 11.0. The Bertz CT molecular complexity index is 551. The van der Waals surface area contributed by atoms with Gasteiger partial charge >= 0.3 is 6.09 Å². The third kappa shape index (κ3) is 3.11. The Morgan fingerprint density at radius 2 is 1.83 bits per heavy atom. The number of aromatic nitrogens is 1. The van der Waals surface area contributed by atoms with Crippen LogP contribution in [0.2, 0.25) is 0 Å². The highest BCUT2D eigenvalue weighted by Crippen LogP contribution is 2.35. The van der Waals surface area contributed by atoms with E-state index >= 15 is 0 Å². The summed E-state index contributed by atoms with van der Waals surface area (Å²) in [7, 11) is 0. The highest BCUT2D eigenvalue weighted by atomic mass is 32.1. The second-order valence-corrected chi connectivity index (χ2v) is 8.20. The number of nitrogens with zero attached hydrogens (tertiary/aromatic N) is 3. The van der Waals surface area contributed by atoms with Gasteiger partial charge in [-0.1, -0.05) is 6.42 Å². The lowest BCUT2D eigenvalue weighted by Gasteiger charge is -2.36. The van der Waals surface area contributed by atoms with Crippen LogP contribution in [0.25, 0.3) is 0 Å². The van der Waals surface area contributed by atoms with Crippen LogP contribution in [0.5, 0.6) is 0 Å². The Balaban J connectivity index is 1.39. The standard InChI is InChI=1S/C17H25N3O2S/c21-17(22)20-8-4-12(5-9-20)16-18-14-6-10-19(13-2-1-3-13)11-7-15(14)23-16/h12-13H,1-11H2,(H,21,22). The fraction of sp³-hybridized carbons (Fsp3) is 0.765. The summed E-state index contributed by atoms with van der Waals surface area (Å²) in [4.78, 5) is 21.7. The number of fused-ring (bicyclic) bond motifs is 1. The van der Waals surface area contributed by atoms with Gasteiger partial charge in [0, 0.05) is 49.4 Å². The fourth-order valence-electron chi connectivity index (χ4n) is 4.01. The third-order valence-corrected chi connectivity index (χ3v) is 7.08. The van der Waals surface area contributed by atoms with Crippen molar-refractivity contribution in [2.75, 3.05) is 26.2 Å². The zero-order chi connectivity index (χ0) is 15.8. The lowest BCUT2D eigenvalue weighted by atomic mass is 9.91.